The van der Waals surface area contributed by atoms with Crippen molar-refractivity contribution in [2.75, 3.05) is 32.3 Å². The maximum Gasteiger partial charge on any atom is 0.227 e. The van der Waals surface area contributed by atoms with Crippen LogP contribution < -0.4 is 19.1 Å². The molecule has 0 spiro atoms. The summed E-state index contributed by atoms with van der Waals surface area (Å²) < 4.78 is 18.7. The van der Waals surface area contributed by atoms with Crippen molar-refractivity contribution >= 4 is 34.2 Å². The third kappa shape index (κ3) is 4.64. The average Bonchev–Trinajstić information content (AvgIpc) is 3.45. The fourth-order valence-electron chi connectivity index (χ4n) is 4.51. The van der Waals surface area contributed by atoms with E-state index in [1.807, 2.05) is 48.5 Å². The standard InChI is InChI=1S/C27H26ClN3O4/c1-33-19-7-9-20(10-8-19)35-14-13-30-24-6-4-3-5-23(24)29-27(30)18-15-26(32)31(17-18)25-16-21(34-2)11-12-22(25)28/h3-12,16,18H,13-15,17H2,1-2H3/t18-/m0/s1. The van der Waals surface area contributed by atoms with Gasteiger partial charge in [-0.05, 0) is 48.5 Å². The predicted octanol–water partition coefficient (Wildman–Crippen LogP) is 5.31. The number of hydrogen-bond acceptors (Lipinski definition) is 5. The lowest BCUT2D eigenvalue weighted by molar-refractivity contribution is -0.117. The summed E-state index contributed by atoms with van der Waals surface area (Å²) in [5.41, 5.74) is 2.58. The van der Waals surface area contributed by atoms with Crippen LogP contribution in [0.2, 0.25) is 5.02 Å². The molecule has 1 aromatic heterocycles. The largest absolute Gasteiger partial charge is 0.497 e. The Hall–Kier alpha value is -3.71. The van der Waals surface area contributed by atoms with Crippen molar-refractivity contribution in [1.29, 1.82) is 0 Å². The number of methoxy groups -OCH3 is 2. The van der Waals surface area contributed by atoms with Crippen LogP contribution in [0.3, 0.4) is 0 Å². The van der Waals surface area contributed by atoms with Crippen LogP contribution in [0.15, 0.2) is 66.7 Å². The van der Waals surface area contributed by atoms with Crippen molar-refractivity contribution in [3.8, 4) is 17.2 Å². The highest BCUT2D eigenvalue weighted by Crippen LogP contribution is 2.37. The molecule has 0 radical (unpaired) electrons. The summed E-state index contributed by atoms with van der Waals surface area (Å²) in [5.74, 6) is 3.03. The third-order valence-electron chi connectivity index (χ3n) is 6.26. The number of imidazole rings is 1. The molecule has 7 nitrogen and oxygen atoms in total. The van der Waals surface area contributed by atoms with Crippen molar-refractivity contribution in [2.45, 2.75) is 18.9 Å². The molecule has 35 heavy (non-hydrogen) atoms. The summed E-state index contributed by atoms with van der Waals surface area (Å²) in [7, 11) is 3.23. The van der Waals surface area contributed by atoms with E-state index in [0.717, 1.165) is 28.4 Å². The van der Waals surface area contributed by atoms with E-state index in [0.29, 0.717) is 42.6 Å². The minimum atomic E-state index is -0.0712. The van der Waals surface area contributed by atoms with Crippen LogP contribution in [0.25, 0.3) is 11.0 Å². The number of fused-ring (bicyclic) bond motifs is 1. The van der Waals surface area contributed by atoms with Gasteiger partial charge in [-0.1, -0.05) is 23.7 Å². The van der Waals surface area contributed by atoms with Crippen LogP contribution in [0, 0.1) is 0 Å². The van der Waals surface area contributed by atoms with Crippen molar-refractivity contribution < 1.29 is 19.0 Å². The van der Waals surface area contributed by atoms with E-state index in [2.05, 4.69) is 4.57 Å². The molecule has 180 valence electrons. The van der Waals surface area contributed by atoms with Crippen LogP contribution >= 0.6 is 11.6 Å². The van der Waals surface area contributed by atoms with Gasteiger partial charge in [0.25, 0.3) is 0 Å². The smallest absolute Gasteiger partial charge is 0.227 e. The van der Waals surface area contributed by atoms with Gasteiger partial charge in [-0.15, -0.1) is 0 Å². The highest BCUT2D eigenvalue weighted by molar-refractivity contribution is 6.34. The van der Waals surface area contributed by atoms with Gasteiger partial charge in [0.15, 0.2) is 0 Å². The molecule has 4 aromatic rings. The van der Waals surface area contributed by atoms with Crippen LogP contribution in [-0.2, 0) is 11.3 Å². The Bertz CT molecular complexity index is 1350. The molecule has 0 unspecified atom stereocenters. The molecule has 1 aliphatic heterocycles. The van der Waals surface area contributed by atoms with Crippen molar-refractivity contribution in [3.05, 3.63) is 77.6 Å². The maximum atomic E-state index is 13.0. The SMILES string of the molecule is COc1ccc(OCCn2c([C@H]3CC(=O)N(c4cc(OC)ccc4Cl)C3)nc3ccccc32)cc1. The van der Waals surface area contributed by atoms with Gasteiger partial charge in [-0.2, -0.15) is 0 Å². The lowest BCUT2D eigenvalue weighted by Crippen LogP contribution is -2.25. The van der Waals surface area contributed by atoms with Gasteiger partial charge in [0.2, 0.25) is 5.91 Å². The molecule has 5 rings (SSSR count). The number of halogens is 1. The summed E-state index contributed by atoms with van der Waals surface area (Å²) >= 11 is 6.44. The predicted molar refractivity (Wildman–Crippen MR) is 136 cm³/mol. The van der Waals surface area contributed by atoms with E-state index in [1.54, 1.807) is 37.3 Å². The Balaban J connectivity index is 1.39. The highest BCUT2D eigenvalue weighted by atomic mass is 35.5. The maximum absolute atomic E-state index is 13.0. The number of amides is 1. The molecular formula is C27H26ClN3O4. The first kappa shape index (κ1) is 23.1. The van der Waals surface area contributed by atoms with Crippen LogP contribution in [0.1, 0.15) is 18.2 Å². The molecule has 8 heteroatoms. The molecule has 0 bridgehead atoms. The lowest BCUT2D eigenvalue weighted by Gasteiger charge is -2.19. The zero-order chi connectivity index (χ0) is 24.4. The second-order valence-electron chi connectivity index (χ2n) is 8.36. The van der Waals surface area contributed by atoms with E-state index >= 15 is 0 Å². The summed E-state index contributed by atoms with van der Waals surface area (Å²) in [6, 6.07) is 20.9. The van der Waals surface area contributed by atoms with Crippen LogP contribution in [0.4, 0.5) is 5.69 Å². The topological polar surface area (TPSA) is 65.8 Å². The Kier molecular flexibility index (Phi) is 6.51. The second kappa shape index (κ2) is 9.88. The van der Waals surface area contributed by atoms with Gasteiger partial charge >= 0.3 is 0 Å². The number of benzene rings is 3. The number of carbonyl (C=O) groups excluding carboxylic acids is 1. The van der Waals surface area contributed by atoms with Gasteiger partial charge in [-0.25, -0.2) is 4.98 Å². The molecule has 1 saturated heterocycles. The minimum absolute atomic E-state index is 0.0123. The molecule has 1 atom stereocenters. The van der Waals surface area contributed by atoms with Crippen LogP contribution in [0.5, 0.6) is 17.2 Å². The average molecular weight is 492 g/mol. The number of rotatable bonds is 8. The summed E-state index contributed by atoms with van der Waals surface area (Å²) in [6.45, 7) is 1.56. The van der Waals surface area contributed by atoms with Gasteiger partial charge in [0, 0.05) is 24.9 Å². The molecule has 0 saturated carbocycles. The number of hydrogen-bond donors (Lipinski definition) is 0. The Morgan fingerprint density at radius 2 is 1.69 bits per heavy atom. The minimum Gasteiger partial charge on any atom is -0.497 e. The quantitative estimate of drug-likeness (QED) is 0.334. The fraction of sp³-hybridized carbons (Fsp3) is 0.259. The number of carbonyl (C=O) groups is 1. The molecule has 1 fully saturated rings. The van der Waals surface area contributed by atoms with Crippen molar-refractivity contribution in [2.24, 2.45) is 0 Å². The van der Waals surface area contributed by atoms with E-state index in [1.165, 1.54) is 0 Å². The van der Waals surface area contributed by atoms with E-state index in [9.17, 15) is 4.79 Å². The normalized spacial score (nSPS) is 15.6. The van der Waals surface area contributed by atoms with E-state index in [-0.39, 0.29) is 11.8 Å². The number of nitrogens with zero attached hydrogens (tertiary/aromatic N) is 3. The monoisotopic (exact) mass is 491 g/mol. The Morgan fingerprint density at radius 3 is 2.46 bits per heavy atom. The molecule has 1 aliphatic rings. The summed E-state index contributed by atoms with van der Waals surface area (Å²) in [4.78, 5) is 19.7. The highest BCUT2D eigenvalue weighted by Gasteiger charge is 2.35. The molecule has 2 heterocycles. The molecule has 0 N–H and O–H groups in total. The van der Waals surface area contributed by atoms with Crippen molar-refractivity contribution in [3.63, 3.8) is 0 Å². The number of ether oxygens (including phenoxy) is 3. The first-order valence-corrected chi connectivity index (χ1v) is 11.8. The zero-order valence-corrected chi connectivity index (χ0v) is 20.4. The van der Waals surface area contributed by atoms with Crippen LogP contribution in [-0.4, -0.2) is 42.8 Å². The number of aromatic nitrogens is 2. The second-order valence-corrected chi connectivity index (χ2v) is 8.76. The van der Waals surface area contributed by atoms with E-state index in [4.69, 9.17) is 30.8 Å². The van der Waals surface area contributed by atoms with Gasteiger partial charge in [0.05, 0.1) is 42.5 Å². The number of anilines is 1. The van der Waals surface area contributed by atoms with Gasteiger partial charge in [0.1, 0.15) is 29.7 Å². The van der Waals surface area contributed by atoms with Gasteiger partial charge < -0.3 is 23.7 Å². The lowest BCUT2D eigenvalue weighted by atomic mass is 10.1. The summed E-state index contributed by atoms with van der Waals surface area (Å²) in [6.07, 6.45) is 0.357. The van der Waals surface area contributed by atoms with Gasteiger partial charge in [-0.3, -0.25) is 4.79 Å². The van der Waals surface area contributed by atoms with E-state index < -0.39 is 0 Å². The molecular weight excluding hydrogens is 466 g/mol. The molecule has 1 amide bonds. The van der Waals surface area contributed by atoms with Crippen molar-refractivity contribution in [1.82, 2.24) is 9.55 Å². The molecule has 3 aromatic carbocycles. The fourth-order valence-corrected chi connectivity index (χ4v) is 4.73. The first-order valence-electron chi connectivity index (χ1n) is 11.4. The Morgan fingerprint density at radius 1 is 0.971 bits per heavy atom. The zero-order valence-electron chi connectivity index (χ0n) is 19.6. The molecule has 0 aliphatic carbocycles. The Labute approximate surface area is 208 Å². The first-order chi connectivity index (χ1) is 17.1. The third-order valence-corrected chi connectivity index (χ3v) is 6.58. The summed E-state index contributed by atoms with van der Waals surface area (Å²) in [5, 5.41) is 0.515. The number of para-hydroxylation sites is 2.